The first-order valence-electron chi connectivity index (χ1n) is 10.0. The van der Waals surface area contributed by atoms with Crippen molar-refractivity contribution in [1.29, 1.82) is 0 Å². The summed E-state index contributed by atoms with van der Waals surface area (Å²) in [4.78, 5) is 12.6. The van der Waals surface area contributed by atoms with Crippen LogP contribution in [0.15, 0.2) is 65.6 Å². The van der Waals surface area contributed by atoms with Gasteiger partial charge in [0, 0.05) is 18.3 Å². The van der Waals surface area contributed by atoms with E-state index in [0.29, 0.717) is 22.7 Å². The van der Waals surface area contributed by atoms with Gasteiger partial charge in [-0.25, -0.2) is 0 Å². The first kappa shape index (κ1) is 24.2. The molecule has 0 bridgehead atoms. The van der Waals surface area contributed by atoms with E-state index in [9.17, 15) is 23.1 Å². The van der Waals surface area contributed by atoms with Gasteiger partial charge in [-0.2, -0.15) is 13.2 Å². The van der Waals surface area contributed by atoms with Crippen molar-refractivity contribution < 1.29 is 32.5 Å². The topological polar surface area (TPSA) is 69.9 Å². The Labute approximate surface area is 188 Å². The summed E-state index contributed by atoms with van der Waals surface area (Å²) in [5.74, 6) is 1.09. The zero-order chi connectivity index (χ0) is 24.2. The van der Waals surface area contributed by atoms with Gasteiger partial charge in [0.2, 0.25) is 0 Å². The van der Waals surface area contributed by atoms with Crippen LogP contribution in [0.25, 0.3) is 5.69 Å². The summed E-state index contributed by atoms with van der Waals surface area (Å²) in [6.45, 7) is 3.33. The third-order valence-electron chi connectivity index (χ3n) is 4.58. The van der Waals surface area contributed by atoms with E-state index < -0.39 is 17.3 Å². The largest absolute Gasteiger partial charge is 0.493 e. The molecule has 0 fully saturated rings. The van der Waals surface area contributed by atoms with E-state index in [0.717, 1.165) is 12.1 Å². The van der Waals surface area contributed by atoms with Crippen molar-refractivity contribution in [3.63, 3.8) is 0 Å². The summed E-state index contributed by atoms with van der Waals surface area (Å²) in [5, 5.41) is 9.83. The van der Waals surface area contributed by atoms with Crippen LogP contribution in [0.2, 0.25) is 0 Å². The Morgan fingerprint density at radius 1 is 0.939 bits per heavy atom. The maximum Gasteiger partial charge on any atom is 0.416 e. The average Bonchev–Trinajstić information content (AvgIpc) is 2.75. The fourth-order valence-electron chi connectivity index (χ4n) is 2.91. The van der Waals surface area contributed by atoms with Gasteiger partial charge in [0.15, 0.2) is 11.5 Å². The second-order valence-corrected chi connectivity index (χ2v) is 7.99. The highest BCUT2D eigenvalue weighted by molar-refractivity contribution is 5.49. The number of methoxy groups -OCH3 is 1. The number of hydrogen-bond donors (Lipinski definition) is 1. The van der Waals surface area contributed by atoms with Crippen molar-refractivity contribution in [2.24, 2.45) is 0 Å². The van der Waals surface area contributed by atoms with E-state index in [1.165, 1.54) is 29.9 Å². The van der Waals surface area contributed by atoms with E-state index in [-0.39, 0.29) is 24.5 Å². The van der Waals surface area contributed by atoms with Gasteiger partial charge in [-0.1, -0.05) is 0 Å². The number of hydrogen-bond acceptors (Lipinski definition) is 5. The Bertz CT molecular complexity index is 1150. The second kappa shape index (κ2) is 9.58. The molecule has 1 heterocycles. The molecule has 1 aromatic heterocycles. The van der Waals surface area contributed by atoms with Crippen molar-refractivity contribution in [2.45, 2.75) is 32.2 Å². The molecule has 0 amide bonds. The number of aromatic nitrogens is 1. The molecule has 0 aliphatic heterocycles. The van der Waals surface area contributed by atoms with Crippen LogP contribution >= 0.6 is 0 Å². The lowest BCUT2D eigenvalue weighted by atomic mass is 10.2. The van der Waals surface area contributed by atoms with E-state index in [2.05, 4.69) is 0 Å². The molecule has 3 aromatic rings. The summed E-state index contributed by atoms with van der Waals surface area (Å²) < 4.78 is 55.8. The number of benzene rings is 2. The van der Waals surface area contributed by atoms with Crippen LogP contribution in [0.4, 0.5) is 13.2 Å². The van der Waals surface area contributed by atoms with E-state index in [1.807, 2.05) is 0 Å². The molecule has 2 aromatic carbocycles. The SMILES string of the molecule is COc1cc(-n2ccc(COc3ccc(C(F)(F)F)cc3)cc2=O)ccc1OCC(C)(C)O. The summed E-state index contributed by atoms with van der Waals surface area (Å²) >= 11 is 0. The summed E-state index contributed by atoms with van der Waals surface area (Å²) in [7, 11) is 1.47. The lowest BCUT2D eigenvalue weighted by molar-refractivity contribution is -0.137. The van der Waals surface area contributed by atoms with Crippen LogP contribution in [0.1, 0.15) is 25.0 Å². The lowest BCUT2D eigenvalue weighted by Gasteiger charge is -2.19. The van der Waals surface area contributed by atoms with Crippen molar-refractivity contribution in [3.8, 4) is 22.9 Å². The Balaban J connectivity index is 1.72. The highest BCUT2D eigenvalue weighted by Gasteiger charge is 2.30. The van der Waals surface area contributed by atoms with Gasteiger partial charge >= 0.3 is 6.18 Å². The zero-order valence-electron chi connectivity index (χ0n) is 18.3. The minimum absolute atomic E-state index is 0.0223. The van der Waals surface area contributed by atoms with Crippen LogP contribution in [-0.4, -0.2) is 29.0 Å². The zero-order valence-corrected chi connectivity index (χ0v) is 18.3. The van der Waals surface area contributed by atoms with Crippen molar-refractivity contribution in [3.05, 3.63) is 82.3 Å². The van der Waals surface area contributed by atoms with E-state index >= 15 is 0 Å². The molecule has 0 saturated carbocycles. The number of aliphatic hydroxyl groups is 1. The van der Waals surface area contributed by atoms with Crippen molar-refractivity contribution in [2.75, 3.05) is 13.7 Å². The molecule has 0 aliphatic carbocycles. The Morgan fingerprint density at radius 2 is 1.64 bits per heavy atom. The van der Waals surface area contributed by atoms with Crippen LogP contribution in [-0.2, 0) is 12.8 Å². The number of nitrogens with zero attached hydrogens (tertiary/aromatic N) is 1. The van der Waals surface area contributed by atoms with Gasteiger partial charge in [-0.3, -0.25) is 9.36 Å². The predicted molar refractivity (Wildman–Crippen MR) is 116 cm³/mol. The lowest BCUT2D eigenvalue weighted by Crippen LogP contribution is -2.28. The fourth-order valence-corrected chi connectivity index (χ4v) is 2.91. The first-order chi connectivity index (χ1) is 15.5. The molecular formula is C24H24F3NO5. The monoisotopic (exact) mass is 463 g/mol. The van der Waals surface area contributed by atoms with E-state index in [1.54, 1.807) is 44.3 Å². The normalized spacial score (nSPS) is 11.8. The van der Waals surface area contributed by atoms with Crippen molar-refractivity contribution >= 4 is 0 Å². The summed E-state index contributed by atoms with van der Waals surface area (Å²) in [5.41, 5.74) is -0.991. The molecule has 0 radical (unpaired) electrons. The first-order valence-corrected chi connectivity index (χ1v) is 10.0. The highest BCUT2D eigenvalue weighted by Crippen LogP contribution is 2.31. The van der Waals surface area contributed by atoms with Gasteiger partial charge in [0.1, 0.15) is 19.0 Å². The van der Waals surface area contributed by atoms with Gasteiger partial charge in [0.05, 0.1) is 24.0 Å². The predicted octanol–water partition coefficient (Wildman–Crippen LogP) is 4.59. The molecule has 3 rings (SSSR count). The minimum atomic E-state index is -4.41. The Kier molecular flexibility index (Phi) is 7.02. The molecule has 0 spiro atoms. The minimum Gasteiger partial charge on any atom is -0.493 e. The molecule has 1 N–H and O–H groups in total. The molecule has 0 saturated heterocycles. The molecule has 0 atom stereocenters. The maximum atomic E-state index is 12.6. The summed E-state index contributed by atoms with van der Waals surface area (Å²) in [6, 6.07) is 12.4. The molecular weight excluding hydrogens is 439 g/mol. The van der Waals surface area contributed by atoms with Gasteiger partial charge < -0.3 is 19.3 Å². The third-order valence-corrected chi connectivity index (χ3v) is 4.58. The van der Waals surface area contributed by atoms with Crippen LogP contribution in [0, 0.1) is 0 Å². The number of pyridine rings is 1. The smallest absolute Gasteiger partial charge is 0.416 e. The Hall–Kier alpha value is -3.46. The van der Waals surface area contributed by atoms with E-state index in [4.69, 9.17) is 14.2 Å². The van der Waals surface area contributed by atoms with Crippen LogP contribution in [0.5, 0.6) is 17.2 Å². The van der Waals surface area contributed by atoms with Gasteiger partial charge in [0.25, 0.3) is 5.56 Å². The Morgan fingerprint density at radius 3 is 2.21 bits per heavy atom. The quantitative estimate of drug-likeness (QED) is 0.529. The van der Waals surface area contributed by atoms with Gasteiger partial charge in [-0.05, 0) is 61.9 Å². The molecule has 33 heavy (non-hydrogen) atoms. The van der Waals surface area contributed by atoms with Crippen LogP contribution in [0.3, 0.4) is 0 Å². The maximum absolute atomic E-state index is 12.6. The standard InChI is InChI=1S/C24H24F3NO5/c1-23(2,30)15-33-20-9-6-18(13-21(20)31-3)28-11-10-16(12-22(28)29)14-32-19-7-4-17(5-8-19)24(25,26)27/h4-13,30H,14-15H2,1-3H3. The second-order valence-electron chi connectivity index (χ2n) is 7.99. The third kappa shape index (κ3) is 6.52. The molecule has 0 unspecified atom stereocenters. The molecule has 0 aliphatic rings. The highest BCUT2D eigenvalue weighted by atomic mass is 19.4. The fraction of sp³-hybridized carbons (Fsp3) is 0.292. The number of rotatable bonds is 8. The molecule has 9 heteroatoms. The van der Waals surface area contributed by atoms with Gasteiger partial charge in [-0.15, -0.1) is 0 Å². The average molecular weight is 463 g/mol. The number of halogens is 3. The number of alkyl halides is 3. The summed E-state index contributed by atoms with van der Waals surface area (Å²) in [6.07, 6.45) is -2.84. The molecule has 6 nitrogen and oxygen atoms in total. The van der Waals surface area contributed by atoms with Crippen LogP contribution < -0.4 is 19.8 Å². The van der Waals surface area contributed by atoms with Crippen molar-refractivity contribution in [1.82, 2.24) is 4.57 Å². The molecule has 176 valence electrons. The number of ether oxygens (including phenoxy) is 3.